The summed E-state index contributed by atoms with van der Waals surface area (Å²) in [5.41, 5.74) is 1.74. The van der Waals surface area contributed by atoms with Crippen LogP contribution in [0.4, 0.5) is 5.82 Å². The number of thiophene rings is 1. The van der Waals surface area contributed by atoms with Crippen molar-refractivity contribution in [1.29, 1.82) is 0 Å². The van der Waals surface area contributed by atoms with Crippen molar-refractivity contribution >= 4 is 23.1 Å². The van der Waals surface area contributed by atoms with Crippen molar-refractivity contribution in [3.8, 4) is 33.8 Å². The number of anilines is 1. The van der Waals surface area contributed by atoms with Crippen LogP contribution in [0.3, 0.4) is 0 Å². The third-order valence-corrected chi connectivity index (χ3v) is 6.37. The fraction of sp³-hybridized carbons (Fsp3) is 0.308. The zero-order valence-electron chi connectivity index (χ0n) is 21.4. The van der Waals surface area contributed by atoms with E-state index in [1.165, 1.54) is 16.0 Å². The van der Waals surface area contributed by atoms with E-state index in [2.05, 4.69) is 20.4 Å². The Labute approximate surface area is 218 Å². The summed E-state index contributed by atoms with van der Waals surface area (Å²) in [6.07, 6.45) is 0. The third-order valence-electron chi connectivity index (χ3n) is 5.48. The number of hydrogen-bond donors (Lipinski definition) is 2. The number of benzene rings is 1. The number of H-pyrrole nitrogens is 1. The SMILES string of the molecule is CCOc1cc(C(=O)Nc2cc(-c3cccs3)nn2-c2nc(C)c(C)c(=O)[nH]2)cc(OCC)c1OCC. The Kier molecular flexibility index (Phi) is 7.92. The molecule has 11 heteroatoms. The second kappa shape index (κ2) is 11.3. The molecule has 0 saturated carbocycles. The molecular formula is C26H29N5O5S. The van der Waals surface area contributed by atoms with Crippen LogP contribution in [0.25, 0.3) is 16.5 Å². The molecule has 1 amide bonds. The molecule has 0 aliphatic heterocycles. The van der Waals surface area contributed by atoms with Crippen molar-refractivity contribution in [2.24, 2.45) is 0 Å². The number of nitrogens with one attached hydrogen (secondary N) is 2. The highest BCUT2D eigenvalue weighted by Crippen LogP contribution is 2.39. The normalized spacial score (nSPS) is 10.8. The van der Waals surface area contributed by atoms with Crippen molar-refractivity contribution in [3.63, 3.8) is 0 Å². The van der Waals surface area contributed by atoms with Gasteiger partial charge in [0.05, 0.1) is 24.7 Å². The quantitative estimate of drug-likeness (QED) is 0.308. The molecule has 0 saturated heterocycles. The Balaban J connectivity index is 1.78. The van der Waals surface area contributed by atoms with Gasteiger partial charge in [-0.05, 0) is 58.2 Å². The van der Waals surface area contributed by atoms with Crippen molar-refractivity contribution in [2.45, 2.75) is 34.6 Å². The van der Waals surface area contributed by atoms with Gasteiger partial charge in [-0.1, -0.05) is 6.07 Å². The van der Waals surface area contributed by atoms with Crippen LogP contribution in [0.5, 0.6) is 17.2 Å². The largest absolute Gasteiger partial charge is 0.490 e. The van der Waals surface area contributed by atoms with Gasteiger partial charge in [0.1, 0.15) is 11.5 Å². The predicted octanol–water partition coefficient (Wildman–Crippen LogP) is 4.75. The summed E-state index contributed by atoms with van der Waals surface area (Å²) >= 11 is 1.51. The molecule has 0 aliphatic carbocycles. The Morgan fingerprint density at radius 1 is 1.05 bits per heavy atom. The molecule has 10 nitrogen and oxygen atoms in total. The zero-order valence-corrected chi connectivity index (χ0v) is 22.2. The van der Waals surface area contributed by atoms with Crippen LogP contribution in [-0.2, 0) is 0 Å². The van der Waals surface area contributed by atoms with Crippen LogP contribution in [0.2, 0.25) is 0 Å². The van der Waals surface area contributed by atoms with Crippen LogP contribution < -0.4 is 25.1 Å². The molecule has 194 valence electrons. The zero-order chi connectivity index (χ0) is 26.5. The second-order valence-corrected chi connectivity index (χ2v) is 8.91. The first-order valence-electron chi connectivity index (χ1n) is 12.0. The molecule has 3 aromatic heterocycles. The highest BCUT2D eigenvalue weighted by molar-refractivity contribution is 7.13. The number of aromatic nitrogens is 4. The molecule has 1 aromatic carbocycles. The number of carbonyl (C=O) groups excluding carboxylic acids is 1. The van der Waals surface area contributed by atoms with Crippen LogP contribution >= 0.6 is 11.3 Å². The standard InChI is InChI=1S/C26H29N5O5S/c1-6-34-19-12-17(13-20(35-7-2)23(19)36-8-3)25(33)28-22-14-18(21-10-9-11-37-21)30-31(22)26-27-16(5)15(4)24(32)29-26/h9-14H,6-8H2,1-5H3,(H,28,33)(H,27,29,32). The molecular weight excluding hydrogens is 494 g/mol. The van der Waals surface area contributed by atoms with E-state index in [1.54, 1.807) is 32.0 Å². The number of aryl methyl sites for hydroxylation is 1. The first kappa shape index (κ1) is 26.0. The Bertz CT molecular complexity index is 1430. The average Bonchev–Trinajstić information content (AvgIpc) is 3.55. The fourth-order valence-electron chi connectivity index (χ4n) is 3.62. The van der Waals surface area contributed by atoms with Gasteiger partial charge in [-0.2, -0.15) is 9.78 Å². The van der Waals surface area contributed by atoms with E-state index in [1.807, 2.05) is 38.3 Å². The fourth-order valence-corrected chi connectivity index (χ4v) is 4.30. The number of hydrogen-bond acceptors (Lipinski definition) is 8. The summed E-state index contributed by atoms with van der Waals surface area (Å²) in [5.74, 6) is 1.38. The Morgan fingerprint density at radius 3 is 2.30 bits per heavy atom. The maximum absolute atomic E-state index is 13.5. The van der Waals surface area contributed by atoms with Crippen LogP contribution in [-0.4, -0.2) is 45.5 Å². The van der Waals surface area contributed by atoms with Gasteiger partial charge in [0.2, 0.25) is 11.7 Å². The minimum absolute atomic E-state index is 0.197. The van der Waals surface area contributed by atoms with E-state index in [0.717, 1.165) is 4.88 Å². The van der Waals surface area contributed by atoms with Gasteiger partial charge in [-0.15, -0.1) is 11.3 Å². The third kappa shape index (κ3) is 5.51. The summed E-state index contributed by atoms with van der Waals surface area (Å²) in [4.78, 5) is 34.1. The maximum atomic E-state index is 13.5. The van der Waals surface area contributed by atoms with E-state index in [0.29, 0.717) is 65.4 Å². The highest BCUT2D eigenvalue weighted by Gasteiger charge is 2.21. The molecule has 4 aromatic rings. The first-order chi connectivity index (χ1) is 17.9. The van der Waals surface area contributed by atoms with Crippen molar-refractivity contribution in [2.75, 3.05) is 25.1 Å². The topological polar surface area (TPSA) is 120 Å². The lowest BCUT2D eigenvalue weighted by Crippen LogP contribution is -2.21. The Hall–Kier alpha value is -4.12. The molecule has 0 spiro atoms. The highest BCUT2D eigenvalue weighted by atomic mass is 32.1. The summed E-state index contributed by atoms with van der Waals surface area (Å²) in [6.45, 7) is 10.2. The second-order valence-electron chi connectivity index (χ2n) is 7.96. The Morgan fingerprint density at radius 2 is 1.73 bits per heavy atom. The van der Waals surface area contributed by atoms with Gasteiger partial charge in [0, 0.05) is 22.9 Å². The number of nitrogens with zero attached hydrogens (tertiary/aromatic N) is 3. The van der Waals surface area contributed by atoms with Gasteiger partial charge in [-0.3, -0.25) is 14.6 Å². The molecule has 0 aliphatic rings. The predicted molar refractivity (Wildman–Crippen MR) is 143 cm³/mol. The van der Waals surface area contributed by atoms with Gasteiger partial charge in [-0.25, -0.2) is 4.98 Å². The first-order valence-corrected chi connectivity index (χ1v) is 12.8. The smallest absolute Gasteiger partial charge is 0.257 e. The van der Waals surface area contributed by atoms with Gasteiger partial charge >= 0.3 is 0 Å². The van der Waals surface area contributed by atoms with Crippen LogP contribution in [0.15, 0.2) is 40.5 Å². The monoisotopic (exact) mass is 523 g/mol. The molecule has 37 heavy (non-hydrogen) atoms. The van der Waals surface area contributed by atoms with Crippen LogP contribution in [0, 0.1) is 13.8 Å². The molecule has 0 radical (unpaired) electrons. The van der Waals surface area contributed by atoms with Gasteiger partial charge < -0.3 is 19.5 Å². The minimum atomic E-state index is -0.421. The number of ether oxygens (including phenoxy) is 3. The van der Waals surface area contributed by atoms with E-state index in [-0.39, 0.29) is 11.5 Å². The number of carbonyl (C=O) groups is 1. The lowest BCUT2D eigenvalue weighted by Gasteiger charge is -2.17. The van der Waals surface area contributed by atoms with Crippen molar-refractivity contribution < 1.29 is 19.0 Å². The molecule has 0 unspecified atom stereocenters. The van der Waals surface area contributed by atoms with E-state index in [9.17, 15) is 9.59 Å². The molecule has 0 fully saturated rings. The lowest BCUT2D eigenvalue weighted by molar-refractivity contribution is 0.102. The van der Waals surface area contributed by atoms with E-state index >= 15 is 0 Å². The molecule has 4 rings (SSSR count). The van der Waals surface area contributed by atoms with E-state index < -0.39 is 5.91 Å². The molecule has 0 bridgehead atoms. The number of rotatable bonds is 10. The van der Waals surface area contributed by atoms with Crippen molar-refractivity contribution in [3.05, 3.63) is 62.9 Å². The minimum Gasteiger partial charge on any atom is -0.490 e. The van der Waals surface area contributed by atoms with Gasteiger partial charge in [0.15, 0.2) is 11.5 Å². The molecule has 0 atom stereocenters. The van der Waals surface area contributed by atoms with Gasteiger partial charge in [0.25, 0.3) is 11.5 Å². The lowest BCUT2D eigenvalue weighted by atomic mass is 10.1. The summed E-state index contributed by atoms with van der Waals surface area (Å²) < 4.78 is 18.7. The molecule has 2 N–H and O–H groups in total. The van der Waals surface area contributed by atoms with Crippen LogP contribution in [0.1, 0.15) is 42.4 Å². The van der Waals surface area contributed by atoms with E-state index in [4.69, 9.17) is 14.2 Å². The maximum Gasteiger partial charge on any atom is 0.257 e. The molecule has 3 heterocycles. The number of aromatic amines is 1. The summed E-state index contributed by atoms with van der Waals surface area (Å²) in [6, 6.07) is 8.81. The van der Waals surface area contributed by atoms with Crippen molar-refractivity contribution in [1.82, 2.24) is 19.7 Å². The summed E-state index contributed by atoms with van der Waals surface area (Å²) in [7, 11) is 0. The number of amides is 1. The summed E-state index contributed by atoms with van der Waals surface area (Å²) in [5, 5.41) is 9.47. The average molecular weight is 524 g/mol.